The molecule has 2 heteroatoms. The number of rotatable bonds is 3. The number of nitrogens with one attached hydrogen (secondary N) is 1. The largest absolute Gasteiger partial charge is 0.361 e. The van der Waals surface area contributed by atoms with E-state index in [1.165, 1.54) is 59.0 Å². The highest BCUT2D eigenvalue weighted by atomic mass is 15.2. The highest BCUT2D eigenvalue weighted by Crippen LogP contribution is 2.34. The maximum atomic E-state index is 3.42. The zero-order valence-corrected chi connectivity index (χ0v) is 14.7. The second-order valence-corrected chi connectivity index (χ2v) is 7.15. The molecule has 2 aromatic carbocycles. The Morgan fingerprint density at radius 3 is 2.71 bits per heavy atom. The molecule has 1 aromatic heterocycles. The number of hydrogen-bond donors (Lipinski definition) is 1. The molecule has 0 amide bonds. The monoisotopic (exact) mass is 318 g/mol. The molecular formula is C22H26N2. The second kappa shape index (κ2) is 6.45. The molecular weight excluding hydrogens is 292 g/mol. The number of nitrogens with zero attached hydrogens (tertiary/aromatic N) is 1. The molecule has 0 unspecified atom stereocenters. The Morgan fingerprint density at radius 1 is 1.04 bits per heavy atom. The third kappa shape index (κ3) is 2.76. The predicted molar refractivity (Wildman–Crippen MR) is 101 cm³/mol. The Morgan fingerprint density at radius 2 is 1.88 bits per heavy atom. The highest BCUT2D eigenvalue weighted by molar-refractivity contribution is 5.86. The number of fused-ring (bicyclic) bond motifs is 1. The van der Waals surface area contributed by atoms with E-state index in [4.69, 9.17) is 0 Å². The van der Waals surface area contributed by atoms with Crippen molar-refractivity contribution in [3.63, 3.8) is 0 Å². The molecule has 1 atom stereocenters. The molecule has 1 aliphatic rings. The van der Waals surface area contributed by atoms with Gasteiger partial charge < -0.3 is 4.98 Å². The summed E-state index contributed by atoms with van der Waals surface area (Å²) in [5, 5.41) is 1.39. The van der Waals surface area contributed by atoms with Crippen LogP contribution in [0.2, 0.25) is 0 Å². The van der Waals surface area contributed by atoms with Gasteiger partial charge in [0, 0.05) is 29.7 Å². The van der Waals surface area contributed by atoms with Crippen molar-refractivity contribution < 1.29 is 0 Å². The maximum Gasteiger partial charge on any atom is 0.0487 e. The summed E-state index contributed by atoms with van der Waals surface area (Å²) in [6.07, 6.45) is 5.99. The lowest BCUT2D eigenvalue weighted by Crippen LogP contribution is -2.33. The molecule has 0 aliphatic carbocycles. The standard InChI is InChI=1S/C22H26N2/c1-16-14-17(2)22-19(11-12-23-22)20(16)15-24-13-7-6-10-21(24)18-8-4-3-5-9-18/h3-5,8-9,11-12,14,21,23H,6-7,10,13,15H2,1-2H3/t21-/m0/s1. The number of piperidine rings is 1. The number of aromatic nitrogens is 1. The van der Waals surface area contributed by atoms with Gasteiger partial charge in [0.1, 0.15) is 0 Å². The second-order valence-electron chi connectivity index (χ2n) is 7.15. The molecule has 4 rings (SSSR count). The molecule has 2 nitrogen and oxygen atoms in total. The fourth-order valence-corrected chi connectivity index (χ4v) is 4.29. The summed E-state index contributed by atoms with van der Waals surface area (Å²) in [5.74, 6) is 0. The van der Waals surface area contributed by atoms with Gasteiger partial charge in [0.25, 0.3) is 0 Å². The van der Waals surface area contributed by atoms with Crippen molar-refractivity contribution in [2.24, 2.45) is 0 Å². The van der Waals surface area contributed by atoms with E-state index in [0.29, 0.717) is 6.04 Å². The fraction of sp³-hybridized carbons (Fsp3) is 0.364. The first-order valence-electron chi connectivity index (χ1n) is 9.09. The number of likely N-dealkylation sites (tertiary alicyclic amines) is 1. The number of aryl methyl sites for hydroxylation is 2. The molecule has 1 N–H and O–H groups in total. The third-order valence-corrected chi connectivity index (χ3v) is 5.53. The Labute approximate surface area is 144 Å². The minimum absolute atomic E-state index is 0.551. The average molecular weight is 318 g/mol. The smallest absolute Gasteiger partial charge is 0.0487 e. The van der Waals surface area contributed by atoms with Gasteiger partial charge in [0.05, 0.1) is 0 Å². The van der Waals surface area contributed by atoms with E-state index in [1.807, 2.05) is 0 Å². The third-order valence-electron chi connectivity index (χ3n) is 5.53. The number of H-pyrrole nitrogens is 1. The van der Waals surface area contributed by atoms with Gasteiger partial charge >= 0.3 is 0 Å². The Balaban J connectivity index is 1.70. The molecule has 124 valence electrons. The first-order valence-corrected chi connectivity index (χ1v) is 9.09. The van der Waals surface area contributed by atoms with Crippen LogP contribution in [0.15, 0.2) is 48.7 Å². The van der Waals surface area contributed by atoms with Crippen LogP contribution in [0.1, 0.15) is 47.6 Å². The topological polar surface area (TPSA) is 19.0 Å². The van der Waals surface area contributed by atoms with Gasteiger partial charge in [0.2, 0.25) is 0 Å². The van der Waals surface area contributed by atoms with Crippen molar-refractivity contribution in [3.05, 3.63) is 70.9 Å². The number of aromatic amines is 1. The van der Waals surface area contributed by atoms with Crippen LogP contribution in [-0.2, 0) is 6.54 Å². The maximum absolute atomic E-state index is 3.42. The van der Waals surface area contributed by atoms with Crippen LogP contribution >= 0.6 is 0 Å². The van der Waals surface area contributed by atoms with Gasteiger partial charge in [-0.25, -0.2) is 0 Å². The van der Waals surface area contributed by atoms with Gasteiger partial charge in [-0.2, -0.15) is 0 Å². The van der Waals surface area contributed by atoms with Crippen LogP contribution in [-0.4, -0.2) is 16.4 Å². The lowest BCUT2D eigenvalue weighted by molar-refractivity contribution is 0.141. The van der Waals surface area contributed by atoms with E-state index < -0.39 is 0 Å². The summed E-state index contributed by atoms with van der Waals surface area (Å²) in [7, 11) is 0. The van der Waals surface area contributed by atoms with E-state index in [1.54, 1.807) is 0 Å². The molecule has 1 fully saturated rings. The molecule has 1 aliphatic heterocycles. The molecule has 3 aromatic rings. The molecule has 0 saturated carbocycles. The molecule has 24 heavy (non-hydrogen) atoms. The van der Waals surface area contributed by atoms with Crippen LogP contribution in [0.25, 0.3) is 10.9 Å². The SMILES string of the molecule is Cc1cc(C)c2[nH]ccc2c1CN1CCCC[C@H]1c1ccccc1. The molecule has 0 radical (unpaired) electrons. The quantitative estimate of drug-likeness (QED) is 0.674. The highest BCUT2D eigenvalue weighted by Gasteiger charge is 2.25. The summed E-state index contributed by atoms with van der Waals surface area (Å²) in [4.78, 5) is 6.10. The van der Waals surface area contributed by atoms with Gasteiger partial charge in [-0.1, -0.05) is 42.8 Å². The normalized spacial score (nSPS) is 19.0. The van der Waals surface area contributed by atoms with Crippen molar-refractivity contribution >= 4 is 10.9 Å². The first-order chi connectivity index (χ1) is 11.7. The van der Waals surface area contributed by atoms with Gasteiger partial charge in [-0.15, -0.1) is 0 Å². The van der Waals surface area contributed by atoms with Crippen LogP contribution < -0.4 is 0 Å². The summed E-state index contributed by atoms with van der Waals surface area (Å²) in [5.41, 5.74) is 7.00. The van der Waals surface area contributed by atoms with E-state index in [0.717, 1.165) is 6.54 Å². The summed E-state index contributed by atoms with van der Waals surface area (Å²) < 4.78 is 0. The van der Waals surface area contributed by atoms with Crippen LogP contribution in [0.5, 0.6) is 0 Å². The zero-order chi connectivity index (χ0) is 16.5. The Kier molecular flexibility index (Phi) is 4.15. The average Bonchev–Trinajstić information content (AvgIpc) is 3.10. The van der Waals surface area contributed by atoms with Crippen molar-refractivity contribution in [2.75, 3.05) is 6.54 Å². The van der Waals surface area contributed by atoms with Crippen LogP contribution in [0.4, 0.5) is 0 Å². The van der Waals surface area contributed by atoms with E-state index >= 15 is 0 Å². The van der Waals surface area contributed by atoms with E-state index in [9.17, 15) is 0 Å². The van der Waals surface area contributed by atoms with Gasteiger partial charge in [-0.05, 0) is 61.6 Å². The Hall–Kier alpha value is -2.06. The minimum Gasteiger partial charge on any atom is -0.361 e. The van der Waals surface area contributed by atoms with Crippen molar-refractivity contribution in [1.82, 2.24) is 9.88 Å². The molecule has 2 heterocycles. The molecule has 1 saturated heterocycles. The molecule has 0 bridgehead atoms. The van der Waals surface area contributed by atoms with Crippen LogP contribution in [0.3, 0.4) is 0 Å². The lowest BCUT2D eigenvalue weighted by Gasteiger charge is -2.36. The minimum atomic E-state index is 0.551. The summed E-state index contributed by atoms with van der Waals surface area (Å²) in [6, 6.07) is 16.2. The predicted octanol–water partition coefficient (Wildman–Crippen LogP) is 5.51. The first kappa shape index (κ1) is 15.5. The number of hydrogen-bond acceptors (Lipinski definition) is 1. The summed E-state index contributed by atoms with van der Waals surface area (Å²) >= 11 is 0. The van der Waals surface area contributed by atoms with Gasteiger partial charge in [-0.3, -0.25) is 4.90 Å². The van der Waals surface area contributed by atoms with Crippen molar-refractivity contribution in [1.29, 1.82) is 0 Å². The van der Waals surface area contributed by atoms with Crippen molar-refractivity contribution in [3.8, 4) is 0 Å². The van der Waals surface area contributed by atoms with Gasteiger partial charge in [0.15, 0.2) is 0 Å². The van der Waals surface area contributed by atoms with E-state index in [-0.39, 0.29) is 0 Å². The molecule has 0 spiro atoms. The number of benzene rings is 2. The Bertz CT molecular complexity index is 832. The zero-order valence-electron chi connectivity index (χ0n) is 14.7. The lowest BCUT2D eigenvalue weighted by atomic mass is 9.93. The van der Waals surface area contributed by atoms with E-state index in [2.05, 4.69) is 72.4 Å². The van der Waals surface area contributed by atoms with Crippen molar-refractivity contribution in [2.45, 2.75) is 45.7 Å². The fourth-order valence-electron chi connectivity index (χ4n) is 4.29. The summed E-state index contributed by atoms with van der Waals surface area (Å²) in [6.45, 7) is 6.69. The van der Waals surface area contributed by atoms with Crippen LogP contribution in [0, 0.1) is 13.8 Å².